The summed E-state index contributed by atoms with van der Waals surface area (Å²) in [7, 11) is -3.81. The van der Waals surface area contributed by atoms with Crippen molar-refractivity contribution in [1.29, 1.82) is 0 Å². The lowest BCUT2D eigenvalue weighted by molar-refractivity contribution is 0.101. The number of aryl methyl sites for hydroxylation is 1. The molecule has 1 amide bonds. The highest BCUT2D eigenvalue weighted by Crippen LogP contribution is 2.14. The van der Waals surface area contributed by atoms with Gasteiger partial charge in [-0.15, -0.1) is 5.10 Å². The number of benzene rings is 1. The van der Waals surface area contributed by atoms with Crippen molar-refractivity contribution < 1.29 is 13.2 Å². The molecule has 0 saturated carbocycles. The Kier molecular flexibility index (Phi) is 3.32. The number of amides is 1. The number of aromatic nitrogens is 3. The summed E-state index contributed by atoms with van der Waals surface area (Å²) < 4.78 is 22.4. The fraction of sp³-hybridized carbons (Fsp3) is 0.100. The summed E-state index contributed by atoms with van der Waals surface area (Å²) in [4.78, 5) is 15.5. The van der Waals surface area contributed by atoms with Gasteiger partial charge in [0.05, 0.1) is 4.90 Å². The molecule has 1 aromatic heterocycles. The molecule has 0 unspecified atom stereocenters. The van der Waals surface area contributed by atoms with Crippen LogP contribution in [0.3, 0.4) is 0 Å². The number of hydrogen-bond donors (Lipinski definition) is 3. The van der Waals surface area contributed by atoms with Crippen LogP contribution in [0.5, 0.6) is 0 Å². The van der Waals surface area contributed by atoms with Gasteiger partial charge in [0, 0.05) is 5.69 Å². The maximum atomic E-state index is 11.8. The summed E-state index contributed by atoms with van der Waals surface area (Å²) >= 11 is 0. The van der Waals surface area contributed by atoms with Crippen molar-refractivity contribution in [2.75, 3.05) is 5.32 Å². The predicted molar refractivity (Wildman–Crippen MR) is 66.9 cm³/mol. The summed E-state index contributed by atoms with van der Waals surface area (Å²) in [6, 6.07) is 5.60. The lowest BCUT2D eigenvalue weighted by Gasteiger charge is -2.04. The number of H-pyrrole nitrogens is 1. The van der Waals surface area contributed by atoms with Crippen LogP contribution in [0.2, 0.25) is 0 Å². The molecule has 4 N–H and O–H groups in total. The molecule has 0 spiro atoms. The standard InChI is InChI=1S/C10H11N5O3S/c1-6-12-9(15-14-6)10(16)13-7-3-2-4-8(5-7)19(11,17)18/h2-5H,1H3,(H,13,16)(H2,11,17,18)(H,12,14,15). The molecular formula is C10H11N5O3S. The van der Waals surface area contributed by atoms with Crippen molar-refractivity contribution in [2.24, 2.45) is 5.14 Å². The van der Waals surface area contributed by atoms with Gasteiger partial charge in [0.25, 0.3) is 5.91 Å². The van der Waals surface area contributed by atoms with Gasteiger partial charge >= 0.3 is 0 Å². The molecule has 0 aliphatic heterocycles. The van der Waals surface area contributed by atoms with E-state index in [0.717, 1.165) is 0 Å². The minimum absolute atomic E-state index is 0.0292. The van der Waals surface area contributed by atoms with Gasteiger partial charge in [-0.05, 0) is 25.1 Å². The number of sulfonamides is 1. The monoisotopic (exact) mass is 281 g/mol. The minimum Gasteiger partial charge on any atom is -0.319 e. The average molecular weight is 281 g/mol. The third-order valence-corrected chi connectivity index (χ3v) is 3.13. The average Bonchev–Trinajstić information content (AvgIpc) is 2.75. The van der Waals surface area contributed by atoms with Gasteiger partial charge in [0.2, 0.25) is 15.8 Å². The van der Waals surface area contributed by atoms with Gasteiger partial charge < -0.3 is 5.32 Å². The zero-order chi connectivity index (χ0) is 14.0. The molecule has 19 heavy (non-hydrogen) atoms. The molecule has 0 saturated heterocycles. The van der Waals surface area contributed by atoms with Crippen LogP contribution in [0.25, 0.3) is 0 Å². The Morgan fingerprint density at radius 2 is 2.16 bits per heavy atom. The number of carbonyl (C=O) groups excluding carboxylic acids is 1. The van der Waals surface area contributed by atoms with E-state index in [1.165, 1.54) is 24.3 Å². The molecule has 0 atom stereocenters. The molecule has 1 aromatic carbocycles. The van der Waals surface area contributed by atoms with Crippen LogP contribution in [0.15, 0.2) is 29.2 Å². The van der Waals surface area contributed by atoms with Crippen LogP contribution in [0, 0.1) is 6.92 Å². The van der Waals surface area contributed by atoms with E-state index < -0.39 is 15.9 Å². The Morgan fingerprint density at radius 3 is 2.74 bits per heavy atom. The molecule has 2 rings (SSSR count). The number of aromatic amines is 1. The number of nitrogens with zero attached hydrogens (tertiary/aromatic N) is 2. The summed E-state index contributed by atoms with van der Waals surface area (Å²) in [5.74, 6) is -0.0714. The molecule has 0 radical (unpaired) electrons. The number of nitrogens with one attached hydrogen (secondary N) is 2. The highest BCUT2D eigenvalue weighted by Gasteiger charge is 2.13. The molecule has 0 fully saturated rings. The second kappa shape index (κ2) is 4.78. The van der Waals surface area contributed by atoms with E-state index in [1.54, 1.807) is 6.92 Å². The van der Waals surface area contributed by atoms with Crippen molar-refractivity contribution >= 4 is 21.6 Å². The largest absolute Gasteiger partial charge is 0.319 e. The van der Waals surface area contributed by atoms with Crippen LogP contribution >= 0.6 is 0 Å². The van der Waals surface area contributed by atoms with E-state index in [4.69, 9.17) is 5.14 Å². The van der Waals surface area contributed by atoms with Gasteiger partial charge in [-0.3, -0.25) is 9.89 Å². The van der Waals surface area contributed by atoms with E-state index in [-0.39, 0.29) is 10.7 Å². The summed E-state index contributed by atoms with van der Waals surface area (Å²) in [5.41, 5.74) is 0.291. The van der Waals surface area contributed by atoms with Gasteiger partial charge in [0.15, 0.2) is 0 Å². The molecular weight excluding hydrogens is 270 g/mol. The zero-order valence-electron chi connectivity index (χ0n) is 9.91. The normalized spacial score (nSPS) is 11.3. The fourth-order valence-corrected chi connectivity index (χ4v) is 1.94. The molecule has 0 aliphatic carbocycles. The third kappa shape index (κ3) is 3.14. The van der Waals surface area contributed by atoms with Crippen LogP contribution < -0.4 is 10.5 Å². The van der Waals surface area contributed by atoms with Gasteiger partial charge in [-0.2, -0.15) is 0 Å². The first kappa shape index (κ1) is 13.2. The summed E-state index contributed by atoms with van der Waals surface area (Å²) in [6.07, 6.45) is 0. The van der Waals surface area contributed by atoms with E-state index in [9.17, 15) is 13.2 Å². The highest BCUT2D eigenvalue weighted by molar-refractivity contribution is 7.89. The van der Waals surface area contributed by atoms with Gasteiger partial charge in [0.1, 0.15) is 5.82 Å². The van der Waals surface area contributed by atoms with Crippen molar-refractivity contribution in [3.63, 3.8) is 0 Å². The third-order valence-electron chi connectivity index (χ3n) is 2.22. The van der Waals surface area contributed by atoms with Crippen LogP contribution in [-0.2, 0) is 10.0 Å². The van der Waals surface area contributed by atoms with Crippen molar-refractivity contribution in [3.8, 4) is 0 Å². The minimum atomic E-state index is -3.81. The quantitative estimate of drug-likeness (QED) is 0.729. The summed E-state index contributed by atoms with van der Waals surface area (Å²) in [5, 5.41) is 13.7. The zero-order valence-corrected chi connectivity index (χ0v) is 10.7. The first-order chi connectivity index (χ1) is 8.86. The molecule has 0 bridgehead atoms. The Bertz CT molecular complexity index is 722. The lowest BCUT2D eigenvalue weighted by atomic mass is 10.3. The Balaban J connectivity index is 2.22. The maximum absolute atomic E-state index is 11.8. The number of rotatable bonds is 3. The number of primary sulfonamides is 1. The number of carbonyl (C=O) groups is 1. The van der Waals surface area contributed by atoms with E-state index in [0.29, 0.717) is 11.5 Å². The molecule has 0 aliphatic rings. The fourth-order valence-electron chi connectivity index (χ4n) is 1.38. The van der Waals surface area contributed by atoms with E-state index >= 15 is 0 Å². The van der Waals surface area contributed by atoms with Crippen LogP contribution in [-0.4, -0.2) is 29.5 Å². The molecule has 100 valence electrons. The van der Waals surface area contributed by atoms with Crippen LogP contribution in [0.1, 0.15) is 16.4 Å². The van der Waals surface area contributed by atoms with Gasteiger partial charge in [-0.25, -0.2) is 18.5 Å². The Hall–Kier alpha value is -2.26. The maximum Gasteiger partial charge on any atom is 0.295 e. The summed E-state index contributed by atoms with van der Waals surface area (Å²) in [6.45, 7) is 1.66. The second-order valence-corrected chi connectivity index (χ2v) is 5.33. The smallest absolute Gasteiger partial charge is 0.295 e. The van der Waals surface area contributed by atoms with Crippen LogP contribution in [0.4, 0.5) is 5.69 Å². The Morgan fingerprint density at radius 1 is 1.42 bits per heavy atom. The first-order valence-electron chi connectivity index (χ1n) is 5.19. The van der Waals surface area contributed by atoms with Gasteiger partial charge in [-0.1, -0.05) is 6.07 Å². The number of nitrogens with two attached hydrogens (primary N) is 1. The predicted octanol–water partition coefficient (Wildman–Crippen LogP) is 0.0128. The van der Waals surface area contributed by atoms with Crippen molar-refractivity contribution in [1.82, 2.24) is 15.2 Å². The number of hydrogen-bond acceptors (Lipinski definition) is 5. The number of anilines is 1. The van der Waals surface area contributed by atoms with Crippen molar-refractivity contribution in [3.05, 3.63) is 35.9 Å². The van der Waals surface area contributed by atoms with Crippen molar-refractivity contribution in [2.45, 2.75) is 11.8 Å². The molecule has 1 heterocycles. The Labute approximate surface area is 109 Å². The molecule has 2 aromatic rings. The highest BCUT2D eigenvalue weighted by atomic mass is 32.2. The topological polar surface area (TPSA) is 131 Å². The molecule has 8 nitrogen and oxygen atoms in total. The van der Waals surface area contributed by atoms with E-state index in [2.05, 4.69) is 20.5 Å². The first-order valence-corrected chi connectivity index (χ1v) is 6.74. The SMILES string of the molecule is Cc1nc(C(=O)Nc2cccc(S(N)(=O)=O)c2)n[nH]1. The second-order valence-electron chi connectivity index (χ2n) is 3.77. The van der Waals surface area contributed by atoms with E-state index in [1.807, 2.05) is 0 Å². The molecule has 9 heteroatoms. The lowest BCUT2D eigenvalue weighted by Crippen LogP contribution is -2.15.